The van der Waals surface area contributed by atoms with Gasteiger partial charge >= 0.3 is 0 Å². The molecule has 0 N–H and O–H groups in total. The van der Waals surface area contributed by atoms with Crippen LogP contribution in [-0.2, 0) is 0 Å². The molecule has 0 amide bonds. The minimum absolute atomic E-state index is 0.209. The second-order valence-corrected chi connectivity index (χ2v) is 11.8. The molecule has 0 heteroatoms. The van der Waals surface area contributed by atoms with E-state index in [0.29, 0.717) is 0 Å². The van der Waals surface area contributed by atoms with Crippen molar-refractivity contribution in [2.75, 3.05) is 0 Å². The molecule has 0 saturated carbocycles. The van der Waals surface area contributed by atoms with E-state index < -0.39 is 0 Å². The van der Waals surface area contributed by atoms with E-state index in [4.69, 9.17) is 0 Å². The second-order valence-electron chi connectivity index (χ2n) is 11.8. The molecule has 0 bridgehead atoms. The van der Waals surface area contributed by atoms with Crippen LogP contribution in [0.1, 0.15) is 58.4 Å². The van der Waals surface area contributed by atoms with Gasteiger partial charge in [-0.25, -0.2) is 0 Å². The minimum atomic E-state index is -0.209. The van der Waals surface area contributed by atoms with E-state index in [-0.39, 0.29) is 5.41 Å². The number of allylic oxidation sites excluding steroid dienone is 2. The van der Waals surface area contributed by atoms with Gasteiger partial charge in [0.2, 0.25) is 0 Å². The Morgan fingerprint density at radius 2 is 0.615 bits per heavy atom. The van der Waals surface area contributed by atoms with Crippen molar-refractivity contribution in [3.05, 3.63) is 154 Å². The van der Waals surface area contributed by atoms with E-state index >= 15 is 0 Å². The Hall–Kier alpha value is -4.42. The van der Waals surface area contributed by atoms with Crippen molar-refractivity contribution in [3.63, 3.8) is 0 Å². The highest BCUT2D eigenvalue weighted by Crippen LogP contribution is 2.65. The van der Waals surface area contributed by atoms with Gasteiger partial charge in [0.15, 0.2) is 0 Å². The lowest BCUT2D eigenvalue weighted by molar-refractivity contribution is 0.692. The Balaban J connectivity index is 1.58. The lowest BCUT2D eigenvalue weighted by Crippen LogP contribution is -2.13. The molecule has 186 valence electrons. The fourth-order valence-electron chi connectivity index (χ4n) is 7.65. The van der Waals surface area contributed by atoms with Gasteiger partial charge in [0.25, 0.3) is 0 Å². The molecule has 0 spiro atoms. The third-order valence-corrected chi connectivity index (χ3v) is 9.24. The van der Waals surface area contributed by atoms with Crippen molar-refractivity contribution < 1.29 is 0 Å². The lowest BCUT2D eigenvalue weighted by Gasteiger charge is -2.28. The molecule has 5 aromatic carbocycles. The zero-order valence-electron chi connectivity index (χ0n) is 22.9. The quantitative estimate of drug-likeness (QED) is 0.195. The Bertz CT molecular complexity index is 1700. The first-order valence-electron chi connectivity index (χ1n) is 14.0. The summed E-state index contributed by atoms with van der Waals surface area (Å²) in [4.78, 5) is 0. The van der Waals surface area contributed by atoms with Crippen LogP contribution in [0.15, 0.2) is 109 Å². The summed E-state index contributed by atoms with van der Waals surface area (Å²) < 4.78 is 0. The van der Waals surface area contributed by atoms with Gasteiger partial charge in [0.05, 0.1) is 0 Å². The third kappa shape index (κ3) is 2.84. The molecular formula is C39H30. The number of benzene rings is 5. The van der Waals surface area contributed by atoms with Crippen molar-refractivity contribution in [2.45, 2.75) is 27.7 Å². The SMILES string of the molecule is Cc1ccc(C)c2c1C(=C1c3ccccc3-c3ccccc31)C(C)(C)C2=C1c2ccccc2-c2ccccc21. The molecule has 0 nitrogen and oxygen atoms in total. The highest BCUT2D eigenvalue weighted by molar-refractivity contribution is 6.22. The summed E-state index contributed by atoms with van der Waals surface area (Å²) in [5, 5.41) is 0. The van der Waals surface area contributed by atoms with Crippen LogP contribution in [0.5, 0.6) is 0 Å². The molecule has 0 heterocycles. The Morgan fingerprint density at radius 3 is 0.897 bits per heavy atom. The monoisotopic (exact) mass is 498 g/mol. The highest BCUT2D eigenvalue weighted by atomic mass is 14.5. The summed E-state index contributed by atoms with van der Waals surface area (Å²) in [6.45, 7) is 9.52. The standard InChI is InChI=1S/C39H30/c1-23-21-22-24(2)34-33(23)37(35-29-17-9-5-13-25(29)26-14-6-10-18-30(26)35)39(3,4)38(34)36-31-19-11-7-15-27(31)28-16-8-12-20-32(28)36/h5-22H,1-4H3. The molecule has 0 aromatic heterocycles. The smallest absolute Gasteiger partial charge is 0.0171 e. The van der Waals surface area contributed by atoms with Crippen molar-refractivity contribution in [2.24, 2.45) is 5.41 Å². The first kappa shape index (κ1) is 22.6. The lowest BCUT2D eigenvalue weighted by atomic mass is 9.74. The molecule has 0 unspecified atom stereocenters. The number of hydrogen-bond acceptors (Lipinski definition) is 0. The van der Waals surface area contributed by atoms with Crippen LogP contribution in [0, 0.1) is 19.3 Å². The fraction of sp³-hybridized carbons (Fsp3) is 0.128. The fourth-order valence-corrected chi connectivity index (χ4v) is 7.65. The molecule has 39 heavy (non-hydrogen) atoms. The average molecular weight is 499 g/mol. The van der Waals surface area contributed by atoms with Crippen LogP contribution in [0.3, 0.4) is 0 Å². The van der Waals surface area contributed by atoms with Crippen LogP contribution in [0.25, 0.3) is 44.5 Å². The van der Waals surface area contributed by atoms with Gasteiger partial charge in [-0.3, -0.25) is 0 Å². The van der Waals surface area contributed by atoms with Crippen LogP contribution in [0.2, 0.25) is 0 Å². The Labute approximate surface area is 231 Å². The van der Waals surface area contributed by atoms with Gasteiger partial charge in [0, 0.05) is 5.41 Å². The molecule has 0 aliphatic heterocycles. The summed E-state index contributed by atoms with van der Waals surface area (Å²) >= 11 is 0. The van der Waals surface area contributed by atoms with E-state index in [2.05, 4.69) is 137 Å². The topological polar surface area (TPSA) is 0 Å². The number of aryl methyl sites for hydroxylation is 2. The average Bonchev–Trinajstić information content (AvgIpc) is 3.54. The summed E-state index contributed by atoms with van der Waals surface area (Å²) in [5.41, 5.74) is 21.8. The van der Waals surface area contributed by atoms with Crippen molar-refractivity contribution in [1.82, 2.24) is 0 Å². The highest BCUT2D eigenvalue weighted by Gasteiger charge is 2.46. The summed E-state index contributed by atoms with van der Waals surface area (Å²) in [7, 11) is 0. The van der Waals surface area contributed by atoms with Crippen LogP contribution >= 0.6 is 0 Å². The van der Waals surface area contributed by atoms with Crippen molar-refractivity contribution in [1.29, 1.82) is 0 Å². The van der Waals surface area contributed by atoms with E-state index in [9.17, 15) is 0 Å². The van der Waals surface area contributed by atoms with Crippen molar-refractivity contribution in [3.8, 4) is 22.3 Å². The third-order valence-electron chi connectivity index (χ3n) is 9.24. The second kappa shape index (κ2) is 7.80. The van der Waals surface area contributed by atoms with E-state index in [1.165, 1.54) is 89.1 Å². The van der Waals surface area contributed by atoms with Crippen molar-refractivity contribution >= 4 is 22.3 Å². The van der Waals surface area contributed by atoms with E-state index in [1.807, 2.05) is 0 Å². The van der Waals surface area contributed by atoms with E-state index in [1.54, 1.807) is 0 Å². The first-order valence-corrected chi connectivity index (χ1v) is 14.0. The maximum absolute atomic E-state index is 2.46. The van der Waals surface area contributed by atoms with Gasteiger partial charge in [0.1, 0.15) is 0 Å². The molecule has 0 radical (unpaired) electrons. The number of hydrogen-bond donors (Lipinski definition) is 0. The predicted octanol–water partition coefficient (Wildman–Crippen LogP) is 10.2. The zero-order chi connectivity index (χ0) is 26.5. The molecule has 3 aliphatic rings. The van der Waals surface area contributed by atoms with Crippen LogP contribution in [0.4, 0.5) is 0 Å². The molecule has 5 aromatic rings. The Kier molecular flexibility index (Phi) is 4.51. The Morgan fingerprint density at radius 1 is 0.359 bits per heavy atom. The molecular weight excluding hydrogens is 468 g/mol. The van der Waals surface area contributed by atoms with Gasteiger partial charge in [-0.15, -0.1) is 0 Å². The number of rotatable bonds is 0. The molecule has 0 fully saturated rings. The number of fused-ring (bicyclic) bond motifs is 7. The largest absolute Gasteiger partial charge is 0.0616 e. The zero-order valence-corrected chi connectivity index (χ0v) is 22.9. The minimum Gasteiger partial charge on any atom is -0.0616 e. The van der Waals surface area contributed by atoms with Gasteiger partial charge < -0.3 is 0 Å². The van der Waals surface area contributed by atoms with Crippen LogP contribution < -0.4 is 0 Å². The normalized spacial score (nSPS) is 15.7. The molecule has 8 rings (SSSR count). The predicted molar refractivity (Wildman–Crippen MR) is 165 cm³/mol. The van der Waals surface area contributed by atoms with Gasteiger partial charge in [-0.05, 0) is 103 Å². The first-order chi connectivity index (χ1) is 19.0. The van der Waals surface area contributed by atoms with E-state index in [0.717, 1.165) is 0 Å². The molecule has 0 atom stereocenters. The van der Waals surface area contributed by atoms with Crippen LogP contribution in [-0.4, -0.2) is 0 Å². The summed E-state index contributed by atoms with van der Waals surface area (Å²) in [6, 6.07) is 40.6. The summed E-state index contributed by atoms with van der Waals surface area (Å²) in [5.74, 6) is 0. The van der Waals surface area contributed by atoms with Gasteiger partial charge in [-0.1, -0.05) is 123 Å². The van der Waals surface area contributed by atoms with Gasteiger partial charge in [-0.2, -0.15) is 0 Å². The molecule has 0 saturated heterocycles. The maximum Gasteiger partial charge on any atom is 0.0171 e. The maximum atomic E-state index is 2.46. The summed E-state index contributed by atoms with van der Waals surface area (Å²) in [6.07, 6.45) is 0. The molecule has 3 aliphatic carbocycles.